The second-order valence-electron chi connectivity index (χ2n) is 6.54. The summed E-state index contributed by atoms with van der Waals surface area (Å²) in [5.41, 5.74) is 3.75. The summed E-state index contributed by atoms with van der Waals surface area (Å²) in [5.74, 6) is 0.294. The Morgan fingerprint density at radius 2 is 1.68 bits per heavy atom. The van der Waals surface area contributed by atoms with Gasteiger partial charge in [-0.15, -0.1) is 0 Å². The quantitative estimate of drug-likeness (QED) is 0.567. The molecule has 140 valence electrons. The van der Waals surface area contributed by atoms with Gasteiger partial charge in [-0.05, 0) is 31.2 Å². The van der Waals surface area contributed by atoms with E-state index in [1.807, 2.05) is 61.5 Å². The SMILES string of the molecule is CCN1C(=O)/C(=C\c2ccccc2OCc2ccccc2F)c2ccccc21. The fourth-order valence-corrected chi connectivity index (χ4v) is 3.42. The Bertz CT molecular complexity index is 1060. The molecule has 0 spiro atoms. The van der Waals surface area contributed by atoms with E-state index in [4.69, 9.17) is 4.74 Å². The fourth-order valence-electron chi connectivity index (χ4n) is 3.42. The minimum atomic E-state index is -0.295. The molecule has 0 unspecified atom stereocenters. The monoisotopic (exact) mass is 373 g/mol. The van der Waals surface area contributed by atoms with Crippen molar-refractivity contribution in [2.45, 2.75) is 13.5 Å². The highest BCUT2D eigenvalue weighted by molar-refractivity contribution is 6.35. The Morgan fingerprint density at radius 1 is 0.964 bits per heavy atom. The summed E-state index contributed by atoms with van der Waals surface area (Å²) in [6.07, 6.45) is 1.85. The van der Waals surface area contributed by atoms with Gasteiger partial charge in [0, 0.05) is 28.8 Å². The average molecular weight is 373 g/mol. The topological polar surface area (TPSA) is 29.5 Å². The maximum atomic E-state index is 13.9. The lowest BCUT2D eigenvalue weighted by atomic mass is 10.0. The van der Waals surface area contributed by atoms with Crippen molar-refractivity contribution in [1.29, 1.82) is 0 Å². The standard InChI is InChI=1S/C24H20FNO2/c1-2-26-22-13-7-5-11-19(22)20(24(26)27)15-17-9-4-8-14-23(17)28-16-18-10-3-6-12-21(18)25/h3-15H,2,16H2,1H3/b20-15-. The second kappa shape index (κ2) is 7.69. The van der Waals surface area contributed by atoms with E-state index in [0.717, 1.165) is 16.8 Å². The minimum Gasteiger partial charge on any atom is -0.488 e. The van der Waals surface area contributed by atoms with E-state index in [-0.39, 0.29) is 18.3 Å². The number of para-hydroxylation sites is 2. The van der Waals surface area contributed by atoms with Gasteiger partial charge in [-0.1, -0.05) is 54.6 Å². The number of ether oxygens (including phenoxy) is 1. The Morgan fingerprint density at radius 3 is 2.50 bits per heavy atom. The van der Waals surface area contributed by atoms with Gasteiger partial charge in [0.05, 0.1) is 5.69 Å². The van der Waals surface area contributed by atoms with Crippen LogP contribution in [0.5, 0.6) is 5.75 Å². The first-order valence-corrected chi connectivity index (χ1v) is 9.27. The molecule has 3 aromatic carbocycles. The maximum absolute atomic E-state index is 13.9. The average Bonchev–Trinajstić information content (AvgIpc) is 2.99. The van der Waals surface area contributed by atoms with E-state index in [1.165, 1.54) is 6.07 Å². The molecule has 1 aliphatic rings. The predicted molar refractivity (Wildman–Crippen MR) is 110 cm³/mol. The number of fused-ring (bicyclic) bond motifs is 1. The minimum absolute atomic E-state index is 0.0207. The molecule has 0 N–H and O–H groups in total. The number of carbonyl (C=O) groups is 1. The normalized spacial score (nSPS) is 14.4. The number of carbonyl (C=O) groups excluding carboxylic acids is 1. The third kappa shape index (κ3) is 3.29. The van der Waals surface area contributed by atoms with Gasteiger partial charge in [-0.3, -0.25) is 4.79 Å². The summed E-state index contributed by atoms with van der Waals surface area (Å²) in [6.45, 7) is 2.69. The van der Waals surface area contributed by atoms with Gasteiger partial charge in [-0.25, -0.2) is 4.39 Å². The Kier molecular flexibility index (Phi) is 4.94. The molecule has 1 amide bonds. The van der Waals surface area contributed by atoms with Crippen LogP contribution in [0.4, 0.5) is 10.1 Å². The van der Waals surface area contributed by atoms with Crippen LogP contribution < -0.4 is 9.64 Å². The molecule has 3 aromatic rings. The van der Waals surface area contributed by atoms with Crippen LogP contribution in [0, 0.1) is 5.82 Å². The molecule has 0 radical (unpaired) electrons. The third-order valence-electron chi connectivity index (χ3n) is 4.84. The van der Waals surface area contributed by atoms with Gasteiger partial charge in [0.1, 0.15) is 18.2 Å². The van der Waals surface area contributed by atoms with Crippen molar-refractivity contribution >= 4 is 23.2 Å². The number of hydrogen-bond donors (Lipinski definition) is 0. The van der Waals surface area contributed by atoms with Crippen molar-refractivity contribution in [3.05, 3.63) is 95.3 Å². The molecule has 4 rings (SSSR count). The summed E-state index contributed by atoms with van der Waals surface area (Å²) in [6, 6.07) is 21.8. The molecular weight excluding hydrogens is 353 g/mol. The van der Waals surface area contributed by atoms with Gasteiger partial charge in [-0.2, -0.15) is 0 Å². The van der Waals surface area contributed by atoms with Gasteiger partial charge in [0.15, 0.2) is 0 Å². The lowest BCUT2D eigenvalue weighted by Gasteiger charge is -2.13. The van der Waals surface area contributed by atoms with E-state index >= 15 is 0 Å². The first-order valence-electron chi connectivity index (χ1n) is 9.27. The summed E-state index contributed by atoms with van der Waals surface area (Å²) >= 11 is 0. The summed E-state index contributed by atoms with van der Waals surface area (Å²) in [4.78, 5) is 14.7. The van der Waals surface area contributed by atoms with E-state index in [9.17, 15) is 9.18 Å². The zero-order chi connectivity index (χ0) is 19.5. The largest absolute Gasteiger partial charge is 0.488 e. The highest BCUT2D eigenvalue weighted by Crippen LogP contribution is 2.38. The van der Waals surface area contributed by atoms with Crippen molar-refractivity contribution in [3.8, 4) is 5.75 Å². The molecule has 0 saturated heterocycles. The third-order valence-corrected chi connectivity index (χ3v) is 4.84. The number of rotatable bonds is 5. The molecule has 3 nitrogen and oxygen atoms in total. The Hall–Kier alpha value is -3.40. The lowest BCUT2D eigenvalue weighted by molar-refractivity contribution is -0.112. The molecule has 0 fully saturated rings. The first-order chi connectivity index (χ1) is 13.7. The summed E-state index contributed by atoms with van der Waals surface area (Å²) in [5, 5.41) is 0. The van der Waals surface area contributed by atoms with Crippen molar-refractivity contribution in [3.63, 3.8) is 0 Å². The highest BCUT2D eigenvalue weighted by atomic mass is 19.1. The predicted octanol–water partition coefficient (Wildman–Crippen LogP) is 5.31. The van der Waals surface area contributed by atoms with E-state index in [1.54, 1.807) is 23.1 Å². The van der Waals surface area contributed by atoms with Gasteiger partial charge in [0.25, 0.3) is 5.91 Å². The van der Waals surface area contributed by atoms with Crippen molar-refractivity contribution in [1.82, 2.24) is 0 Å². The first kappa shape index (κ1) is 18.0. The second-order valence-corrected chi connectivity index (χ2v) is 6.54. The molecule has 0 saturated carbocycles. The van der Waals surface area contributed by atoms with Crippen molar-refractivity contribution < 1.29 is 13.9 Å². The molecule has 0 aromatic heterocycles. The number of benzene rings is 3. The zero-order valence-electron chi connectivity index (χ0n) is 15.6. The number of likely N-dealkylation sites (N-methyl/N-ethyl adjacent to an activating group) is 1. The number of amides is 1. The van der Waals surface area contributed by atoms with Crippen LogP contribution in [0.25, 0.3) is 11.6 Å². The van der Waals surface area contributed by atoms with Crippen molar-refractivity contribution in [2.24, 2.45) is 0 Å². The number of hydrogen-bond acceptors (Lipinski definition) is 2. The van der Waals surface area contributed by atoms with E-state index in [2.05, 4.69) is 0 Å². The van der Waals surface area contributed by atoms with Crippen LogP contribution in [0.15, 0.2) is 72.8 Å². The smallest absolute Gasteiger partial charge is 0.258 e. The molecule has 1 heterocycles. The molecule has 0 aliphatic carbocycles. The van der Waals surface area contributed by atoms with Crippen LogP contribution in [0.2, 0.25) is 0 Å². The van der Waals surface area contributed by atoms with Crippen LogP contribution in [0.1, 0.15) is 23.6 Å². The number of halogens is 1. The molecule has 0 bridgehead atoms. The molecule has 4 heteroatoms. The molecule has 0 atom stereocenters. The summed E-state index contributed by atoms with van der Waals surface area (Å²) < 4.78 is 19.8. The number of anilines is 1. The van der Waals surface area contributed by atoms with Crippen molar-refractivity contribution in [2.75, 3.05) is 11.4 Å². The Labute approximate surface area is 163 Å². The lowest BCUT2D eigenvalue weighted by Crippen LogP contribution is -2.25. The van der Waals surface area contributed by atoms with E-state index < -0.39 is 0 Å². The highest BCUT2D eigenvalue weighted by Gasteiger charge is 2.30. The number of nitrogens with zero attached hydrogens (tertiary/aromatic N) is 1. The molecular formula is C24H20FNO2. The van der Waals surface area contributed by atoms with Gasteiger partial charge < -0.3 is 9.64 Å². The van der Waals surface area contributed by atoms with Gasteiger partial charge >= 0.3 is 0 Å². The molecule has 1 aliphatic heterocycles. The van der Waals surface area contributed by atoms with E-state index in [0.29, 0.717) is 23.4 Å². The van der Waals surface area contributed by atoms with Crippen LogP contribution in [-0.4, -0.2) is 12.5 Å². The van der Waals surface area contributed by atoms with Crippen LogP contribution in [0.3, 0.4) is 0 Å². The zero-order valence-corrected chi connectivity index (χ0v) is 15.6. The fraction of sp³-hybridized carbons (Fsp3) is 0.125. The Balaban J connectivity index is 1.67. The van der Waals surface area contributed by atoms with Gasteiger partial charge in [0.2, 0.25) is 0 Å². The van der Waals surface area contributed by atoms with Crippen LogP contribution in [-0.2, 0) is 11.4 Å². The molecule has 28 heavy (non-hydrogen) atoms. The maximum Gasteiger partial charge on any atom is 0.258 e. The summed E-state index contributed by atoms with van der Waals surface area (Å²) in [7, 11) is 0. The van der Waals surface area contributed by atoms with Crippen LogP contribution >= 0.6 is 0 Å².